The topological polar surface area (TPSA) is 133 Å². The molecule has 0 aliphatic carbocycles. The number of aliphatic carboxylic acids is 1. The molecule has 2 rings (SSSR count). The lowest BCUT2D eigenvalue weighted by Crippen LogP contribution is -2.25. The second kappa shape index (κ2) is 9.29. The maximum absolute atomic E-state index is 11.6. The minimum absolute atomic E-state index is 0.00276. The SMILES string of the molecule is [N-]=[N+]=NCc1nc2ccccc2n1CCCNC(=O)CCCC(=O)O. The van der Waals surface area contributed by atoms with Gasteiger partial charge in [0.1, 0.15) is 5.82 Å². The van der Waals surface area contributed by atoms with E-state index < -0.39 is 5.97 Å². The van der Waals surface area contributed by atoms with Crippen LogP contribution in [0, 0.1) is 0 Å². The summed E-state index contributed by atoms with van der Waals surface area (Å²) in [6.45, 7) is 1.29. The van der Waals surface area contributed by atoms with Crippen LogP contribution in [0.5, 0.6) is 0 Å². The van der Waals surface area contributed by atoms with E-state index in [0.717, 1.165) is 11.0 Å². The molecule has 0 radical (unpaired) electrons. The molecule has 1 amide bonds. The Morgan fingerprint density at radius 2 is 2.08 bits per heavy atom. The average Bonchev–Trinajstić information content (AvgIpc) is 2.94. The first-order chi connectivity index (χ1) is 12.1. The third-order valence-corrected chi connectivity index (χ3v) is 3.68. The van der Waals surface area contributed by atoms with Crippen molar-refractivity contribution in [2.75, 3.05) is 6.54 Å². The summed E-state index contributed by atoms with van der Waals surface area (Å²) < 4.78 is 1.99. The predicted molar refractivity (Wildman–Crippen MR) is 91.7 cm³/mol. The normalized spacial score (nSPS) is 10.4. The minimum Gasteiger partial charge on any atom is -0.481 e. The van der Waals surface area contributed by atoms with Crippen LogP contribution in [0.1, 0.15) is 31.5 Å². The number of aryl methyl sites for hydroxylation is 1. The van der Waals surface area contributed by atoms with Crippen LogP contribution in [0.15, 0.2) is 29.4 Å². The number of benzene rings is 1. The number of para-hydroxylation sites is 2. The number of azide groups is 1. The first-order valence-electron chi connectivity index (χ1n) is 8.05. The number of hydrogen-bond donors (Lipinski definition) is 2. The highest BCUT2D eigenvalue weighted by molar-refractivity contribution is 5.77. The number of nitrogens with zero attached hydrogens (tertiary/aromatic N) is 5. The van der Waals surface area contributed by atoms with Gasteiger partial charge in [-0.05, 0) is 30.5 Å². The number of carboxylic acids is 1. The van der Waals surface area contributed by atoms with Crippen LogP contribution in [0.2, 0.25) is 0 Å². The first kappa shape index (κ1) is 18.3. The molecule has 1 heterocycles. The molecule has 0 unspecified atom stereocenters. The van der Waals surface area contributed by atoms with Gasteiger partial charge in [-0.1, -0.05) is 17.2 Å². The smallest absolute Gasteiger partial charge is 0.303 e. The molecule has 1 aromatic heterocycles. The van der Waals surface area contributed by atoms with E-state index in [-0.39, 0.29) is 25.3 Å². The number of fused-ring (bicyclic) bond motifs is 1. The van der Waals surface area contributed by atoms with Gasteiger partial charge < -0.3 is 15.0 Å². The number of carbonyl (C=O) groups is 2. The van der Waals surface area contributed by atoms with Gasteiger partial charge in [-0.25, -0.2) is 4.98 Å². The summed E-state index contributed by atoms with van der Waals surface area (Å²) in [5, 5.41) is 14.9. The fourth-order valence-corrected chi connectivity index (χ4v) is 2.54. The Morgan fingerprint density at radius 1 is 1.28 bits per heavy atom. The van der Waals surface area contributed by atoms with E-state index in [1.165, 1.54) is 0 Å². The molecule has 132 valence electrons. The van der Waals surface area contributed by atoms with Crippen molar-refractivity contribution in [1.82, 2.24) is 14.9 Å². The zero-order chi connectivity index (χ0) is 18.1. The Kier molecular flexibility index (Phi) is 6.79. The van der Waals surface area contributed by atoms with Crippen molar-refractivity contribution in [2.45, 2.75) is 38.8 Å². The summed E-state index contributed by atoms with van der Waals surface area (Å²) >= 11 is 0. The monoisotopic (exact) mass is 344 g/mol. The molecule has 9 heteroatoms. The quantitative estimate of drug-likeness (QED) is 0.296. The number of rotatable bonds is 10. The van der Waals surface area contributed by atoms with E-state index in [0.29, 0.717) is 31.8 Å². The van der Waals surface area contributed by atoms with Crippen molar-refractivity contribution >= 4 is 22.9 Å². The number of amides is 1. The molecule has 0 atom stereocenters. The van der Waals surface area contributed by atoms with Gasteiger partial charge >= 0.3 is 5.97 Å². The van der Waals surface area contributed by atoms with E-state index in [4.69, 9.17) is 10.6 Å². The molecule has 9 nitrogen and oxygen atoms in total. The average molecular weight is 344 g/mol. The van der Waals surface area contributed by atoms with E-state index >= 15 is 0 Å². The summed E-state index contributed by atoms with van der Waals surface area (Å²) in [5.41, 5.74) is 10.3. The van der Waals surface area contributed by atoms with Crippen LogP contribution in [0.4, 0.5) is 0 Å². The number of imidazole rings is 1. The Morgan fingerprint density at radius 3 is 2.84 bits per heavy atom. The Labute approximate surface area is 144 Å². The van der Waals surface area contributed by atoms with Gasteiger partial charge in [0.15, 0.2) is 0 Å². The molecule has 0 saturated carbocycles. The highest BCUT2D eigenvalue weighted by Gasteiger charge is 2.09. The third kappa shape index (κ3) is 5.50. The molecule has 25 heavy (non-hydrogen) atoms. The number of nitrogens with one attached hydrogen (secondary N) is 1. The summed E-state index contributed by atoms with van der Waals surface area (Å²) in [7, 11) is 0. The van der Waals surface area contributed by atoms with Crippen LogP contribution in [-0.4, -0.2) is 33.1 Å². The third-order valence-electron chi connectivity index (χ3n) is 3.68. The van der Waals surface area contributed by atoms with Crippen LogP contribution in [0.3, 0.4) is 0 Å². The van der Waals surface area contributed by atoms with Gasteiger partial charge in [-0.15, -0.1) is 0 Å². The number of hydrogen-bond acceptors (Lipinski definition) is 4. The lowest BCUT2D eigenvalue weighted by molar-refractivity contribution is -0.137. The molecule has 0 bridgehead atoms. The van der Waals surface area contributed by atoms with Crippen molar-refractivity contribution < 1.29 is 14.7 Å². The largest absolute Gasteiger partial charge is 0.481 e. The van der Waals surface area contributed by atoms with Gasteiger partial charge in [-0.3, -0.25) is 9.59 Å². The van der Waals surface area contributed by atoms with E-state index in [9.17, 15) is 9.59 Å². The van der Waals surface area contributed by atoms with E-state index in [1.54, 1.807) is 0 Å². The van der Waals surface area contributed by atoms with Gasteiger partial charge in [-0.2, -0.15) is 0 Å². The Hall–Kier alpha value is -3.06. The van der Waals surface area contributed by atoms with Crippen molar-refractivity contribution in [2.24, 2.45) is 5.11 Å². The number of carboxylic acid groups (broad SMARTS) is 1. The molecule has 0 aliphatic rings. The molecule has 2 N–H and O–H groups in total. The summed E-state index contributed by atoms with van der Waals surface area (Å²) in [6.07, 6.45) is 1.23. The molecule has 2 aromatic rings. The molecule has 0 spiro atoms. The highest BCUT2D eigenvalue weighted by atomic mass is 16.4. The van der Waals surface area contributed by atoms with Crippen LogP contribution < -0.4 is 5.32 Å². The van der Waals surface area contributed by atoms with E-state index in [1.807, 2.05) is 28.8 Å². The van der Waals surface area contributed by atoms with Crippen molar-refractivity contribution in [3.63, 3.8) is 0 Å². The van der Waals surface area contributed by atoms with Crippen molar-refractivity contribution in [3.05, 3.63) is 40.5 Å². The minimum atomic E-state index is -0.896. The molecular formula is C16H20N6O3. The van der Waals surface area contributed by atoms with Crippen LogP contribution in [0.25, 0.3) is 21.5 Å². The molecular weight excluding hydrogens is 324 g/mol. The number of carbonyl (C=O) groups excluding carboxylic acids is 1. The van der Waals surface area contributed by atoms with Crippen LogP contribution in [-0.2, 0) is 22.7 Å². The zero-order valence-corrected chi connectivity index (χ0v) is 13.8. The number of aromatic nitrogens is 2. The van der Waals surface area contributed by atoms with Gasteiger partial charge in [0.25, 0.3) is 0 Å². The Balaban J connectivity index is 1.88. The zero-order valence-electron chi connectivity index (χ0n) is 13.8. The molecule has 0 fully saturated rings. The fraction of sp³-hybridized carbons (Fsp3) is 0.438. The summed E-state index contributed by atoms with van der Waals surface area (Å²) in [4.78, 5) is 29.3. The maximum Gasteiger partial charge on any atom is 0.303 e. The van der Waals surface area contributed by atoms with E-state index in [2.05, 4.69) is 20.3 Å². The van der Waals surface area contributed by atoms with Gasteiger partial charge in [0.2, 0.25) is 5.91 Å². The first-order valence-corrected chi connectivity index (χ1v) is 8.05. The summed E-state index contributed by atoms with van der Waals surface area (Å²) in [6, 6.07) is 7.67. The second-order valence-electron chi connectivity index (χ2n) is 5.51. The fourth-order valence-electron chi connectivity index (χ4n) is 2.54. The van der Waals surface area contributed by atoms with Gasteiger partial charge in [0, 0.05) is 30.8 Å². The van der Waals surface area contributed by atoms with Crippen LogP contribution >= 0.6 is 0 Å². The van der Waals surface area contributed by atoms with Crippen molar-refractivity contribution in [1.29, 1.82) is 0 Å². The van der Waals surface area contributed by atoms with Crippen molar-refractivity contribution in [3.8, 4) is 0 Å². The van der Waals surface area contributed by atoms with Gasteiger partial charge in [0.05, 0.1) is 17.6 Å². The predicted octanol–water partition coefficient (Wildman–Crippen LogP) is 2.61. The molecule has 0 aliphatic heterocycles. The second-order valence-corrected chi connectivity index (χ2v) is 5.51. The molecule has 1 aromatic carbocycles. The standard InChI is InChI=1S/C16H20N6O3/c17-21-19-11-14-20-12-5-1-2-6-13(12)22(14)10-4-9-18-15(23)7-3-8-16(24)25/h1-2,5-6H,3-4,7-11H2,(H,18,23)(H,24,25). The maximum atomic E-state index is 11.6. The molecule has 0 saturated heterocycles. The lowest BCUT2D eigenvalue weighted by atomic mass is 10.2. The lowest BCUT2D eigenvalue weighted by Gasteiger charge is -2.09. The Bertz CT molecular complexity index is 794. The summed E-state index contributed by atoms with van der Waals surface area (Å²) in [5.74, 6) is -0.356. The highest BCUT2D eigenvalue weighted by Crippen LogP contribution is 2.17.